The Kier molecular flexibility index (Phi) is 2.05. The van der Waals surface area contributed by atoms with Crippen LogP contribution in [0.3, 0.4) is 0 Å². The Bertz CT molecular complexity index is 493. The van der Waals surface area contributed by atoms with Crippen LogP contribution in [0.2, 0.25) is 0 Å². The van der Waals surface area contributed by atoms with Crippen molar-refractivity contribution in [1.29, 1.82) is 0 Å². The Balaban J connectivity index is 2.24. The van der Waals surface area contributed by atoms with Crippen LogP contribution in [0, 0.1) is 6.92 Å². The maximum absolute atomic E-state index is 3.58. The van der Waals surface area contributed by atoms with Gasteiger partial charge in [0.25, 0.3) is 0 Å². The van der Waals surface area contributed by atoms with Crippen molar-refractivity contribution in [1.82, 2.24) is 4.98 Å². The number of rotatable bonds is 0. The van der Waals surface area contributed by atoms with E-state index in [0.29, 0.717) is 0 Å². The van der Waals surface area contributed by atoms with Crippen LogP contribution in [0.15, 0.2) is 18.2 Å². The highest BCUT2D eigenvalue weighted by molar-refractivity contribution is 5.85. The number of aromatic nitrogens is 1. The Labute approximate surface area is 90.5 Å². The van der Waals surface area contributed by atoms with Crippen LogP contribution in [-0.4, -0.2) is 4.98 Å². The first-order chi connectivity index (χ1) is 7.34. The van der Waals surface area contributed by atoms with E-state index in [2.05, 4.69) is 30.1 Å². The quantitative estimate of drug-likeness (QED) is 0.622. The molecule has 78 valence electrons. The molecule has 0 bridgehead atoms. The minimum Gasteiger partial charge on any atom is -0.358 e. The summed E-state index contributed by atoms with van der Waals surface area (Å²) in [6, 6.07) is 6.74. The average Bonchev–Trinajstić information content (AvgIpc) is 2.44. The smallest absolute Gasteiger partial charge is 0.0459 e. The standard InChI is InChI=1S/C14H17N/c1-10-7-8-14-12(9-10)11-5-3-2-4-6-13(11)15-14/h7-9,15H,2-6H2,1H3. The van der Waals surface area contributed by atoms with Crippen LogP contribution in [-0.2, 0) is 12.8 Å². The number of benzene rings is 1. The third kappa shape index (κ3) is 1.46. The van der Waals surface area contributed by atoms with E-state index in [1.54, 1.807) is 5.56 Å². The van der Waals surface area contributed by atoms with Crippen LogP contribution >= 0.6 is 0 Å². The monoisotopic (exact) mass is 199 g/mol. The molecule has 1 aliphatic rings. The molecule has 1 N–H and O–H groups in total. The second kappa shape index (κ2) is 3.41. The predicted octanol–water partition coefficient (Wildman–Crippen LogP) is 3.75. The highest BCUT2D eigenvalue weighted by Crippen LogP contribution is 2.28. The van der Waals surface area contributed by atoms with Gasteiger partial charge in [0.2, 0.25) is 0 Å². The maximum Gasteiger partial charge on any atom is 0.0459 e. The average molecular weight is 199 g/mol. The summed E-state index contributed by atoms with van der Waals surface area (Å²) in [4.78, 5) is 3.58. The lowest BCUT2D eigenvalue weighted by atomic mass is 10.0. The minimum atomic E-state index is 1.24. The van der Waals surface area contributed by atoms with Gasteiger partial charge >= 0.3 is 0 Å². The molecule has 0 amide bonds. The van der Waals surface area contributed by atoms with Crippen LogP contribution < -0.4 is 0 Å². The summed E-state index contributed by atoms with van der Waals surface area (Å²) < 4.78 is 0. The van der Waals surface area contributed by atoms with E-state index in [0.717, 1.165) is 0 Å². The van der Waals surface area contributed by atoms with Crippen molar-refractivity contribution >= 4 is 10.9 Å². The Hall–Kier alpha value is -1.24. The molecule has 0 spiro atoms. The first-order valence-corrected chi connectivity index (χ1v) is 5.95. The summed E-state index contributed by atoms with van der Waals surface area (Å²) >= 11 is 0. The highest BCUT2D eigenvalue weighted by Gasteiger charge is 2.13. The molecule has 0 atom stereocenters. The largest absolute Gasteiger partial charge is 0.358 e. The molecule has 1 aliphatic carbocycles. The van der Waals surface area contributed by atoms with Crippen LogP contribution in [0.1, 0.15) is 36.1 Å². The summed E-state index contributed by atoms with van der Waals surface area (Å²) in [5, 5.41) is 1.46. The molecule has 0 unspecified atom stereocenters. The van der Waals surface area contributed by atoms with Crippen molar-refractivity contribution < 1.29 is 0 Å². The maximum atomic E-state index is 3.58. The molecular formula is C14H17N. The van der Waals surface area contributed by atoms with Gasteiger partial charge in [0.15, 0.2) is 0 Å². The molecule has 1 aromatic carbocycles. The number of hydrogen-bond donors (Lipinski definition) is 1. The molecule has 1 nitrogen and oxygen atoms in total. The number of aryl methyl sites for hydroxylation is 3. The zero-order valence-electron chi connectivity index (χ0n) is 9.27. The van der Waals surface area contributed by atoms with Gasteiger partial charge in [0.05, 0.1) is 0 Å². The summed E-state index contributed by atoms with van der Waals surface area (Å²) in [6.07, 6.45) is 6.59. The molecule has 0 saturated carbocycles. The van der Waals surface area contributed by atoms with E-state index in [1.165, 1.54) is 54.3 Å². The van der Waals surface area contributed by atoms with Crippen molar-refractivity contribution in [3.63, 3.8) is 0 Å². The lowest BCUT2D eigenvalue weighted by Crippen LogP contribution is -1.86. The van der Waals surface area contributed by atoms with E-state index < -0.39 is 0 Å². The molecule has 1 heteroatoms. The second-order valence-corrected chi connectivity index (χ2v) is 4.69. The minimum absolute atomic E-state index is 1.24. The van der Waals surface area contributed by atoms with E-state index in [-0.39, 0.29) is 0 Å². The molecule has 0 fully saturated rings. The van der Waals surface area contributed by atoms with Gasteiger partial charge < -0.3 is 4.98 Å². The fraction of sp³-hybridized carbons (Fsp3) is 0.429. The third-order valence-electron chi connectivity index (χ3n) is 3.50. The predicted molar refractivity (Wildman–Crippen MR) is 64.3 cm³/mol. The number of aromatic amines is 1. The van der Waals surface area contributed by atoms with E-state index in [9.17, 15) is 0 Å². The van der Waals surface area contributed by atoms with Gasteiger partial charge in [0, 0.05) is 16.6 Å². The first kappa shape index (κ1) is 9.02. The third-order valence-corrected chi connectivity index (χ3v) is 3.50. The summed E-state index contributed by atoms with van der Waals surface area (Å²) in [5.41, 5.74) is 5.78. The highest BCUT2D eigenvalue weighted by atomic mass is 14.7. The van der Waals surface area contributed by atoms with E-state index in [1.807, 2.05) is 0 Å². The lowest BCUT2D eigenvalue weighted by molar-refractivity contribution is 0.708. The van der Waals surface area contributed by atoms with Gasteiger partial charge in [-0.15, -0.1) is 0 Å². The molecular weight excluding hydrogens is 182 g/mol. The molecule has 2 aromatic rings. The number of hydrogen-bond acceptors (Lipinski definition) is 0. The Morgan fingerprint density at radius 1 is 1.07 bits per heavy atom. The Morgan fingerprint density at radius 3 is 2.87 bits per heavy atom. The fourth-order valence-electron chi connectivity index (χ4n) is 2.70. The van der Waals surface area contributed by atoms with Gasteiger partial charge in [-0.1, -0.05) is 18.1 Å². The number of fused-ring (bicyclic) bond motifs is 3. The Morgan fingerprint density at radius 2 is 1.93 bits per heavy atom. The topological polar surface area (TPSA) is 15.8 Å². The SMILES string of the molecule is Cc1ccc2[nH]c3c(c2c1)CCCCC3. The fourth-order valence-corrected chi connectivity index (χ4v) is 2.70. The van der Waals surface area contributed by atoms with Gasteiger partial charge in [-0.25, -0.2) is 0 Å². The van der Waals surface area contributed by atoms with E-state index >= 15 is 0 Å². The van der Waals surface area contributed by atoms with Gasteiger partial charge in [0.1, 0.15) is 0 Å². The number of H-pyrrole nitrogens is 1. The zero-order valence-corrected chi connectivity index (χ0v) is 9.27. The van der Waals surface area contributed by atoms with Crippen LogP contribution in [0.25, 0.3) is 10.9 Å². The van der Waals surface area contributed by atoms with Crippen molar-refractivity contribution in [3.8, 4) is 0 Å². The van der Waals surface area contributed by atoms with E-state index in [4.69, 9.17) is 0 Å². The molecule has 15 heavy (non-hydrogen) atoms. The van der Waals surface area contributed by atoms with Crippen molar-refractivity contribution in [2.24, 2.45) is 0 Å². The van der Waals surface area contributed by atoms with Crippen LogP contribution in [0.4, 0.5) is 0 Å². The summed E-state index contributed by atoms with van der Waals surface area (Å²) in [7, 11) is 0. The molecule has 0 radical (unpaired) electrons. The lowest BCUT2D eigenvalue weighted by Gasteiger charge is -1.98. The molecule has 1 aromatic heterocycles. The number of nitrogens with one attached hydrogen (secondary N) is 1. The van der Waals surface area contributed by atoms with Crippen LogP contribution in [0.5, 0.6) is 0 Å². The normalized spacial score (nSPS) is 16.3. The molecule has 0 saturated heterocycles. The summed E-state index contributed by atoms with van der Waals surface area (Å²) in [5.74, 6) is 0. The molecule has 3 rings (SSSR count). The summed E-state index contributed by atoms with van der Waals surface area (Å²) in [6.45, 7) is 2.18. The van der Waals surface area contributed by atoms with Gasteiger partial charge in [-0.05, 0) is 50.3 Å². The van der Waals surface area contributed by atoms with Crippen molar-refractivity contribution in [3.05, 3.63) is 35.0 Å². The van der Waals surface area contributed by atoms with Gasteiger partial charge in [-0.3, -0.25) is 0 Å². The second-order valence-electron chi connectivity index (χ2n) is 4.69. The zero-order chi connectivity index (χ0) is 10.3. The molecule has 0 aliphatic heterocycles. The van der Waals surface area contributed by atoms with Crippen molar-refractivity contribution in [2.75, 3.05) is 0 Å². The molecule has 1 heterocycles. The van der Waals surface area contributed by atoms with Crippen molar-refractivity contribution in [2.45, 2.75) is 39.0 Å². The van der Waals surface area contributed by atoms with Gasteiger partial charge in [-0.2, -0.15) is 0 Å². The first-order valence-electron chi connectivity index (χ1n) is 5.95.